The fourth-order valence-electron chi connectivity index (χ4n) is 3.69. The monoisotopic (exact) mass is 335 g/mol. The summed E-state index contributed by atoms with van der Waals surface area (Å²) in [6, 6.07) is 15.2. The summed E-state index contributed by atoms with van der Waals surface area (Å²) in [4.78, 5) is 27.1. The number of carbonyl (C=O) groups excluding carboxylic acids is 2. The fraction of sp³-hybridized carbons (Fsp3) is 0.300. The molecular formula is C20H21N3O2. The van der Waals surface area contributed by atoms with E-state index in [1.807, 2.05) is 60.4 Å². The molecule has 0 saturated carbocycles. The highest BCUT2D eigenvalue weighted by atomic mass is 16.2. The van der Waals surface area contributed by atoms with Crippen LogP contribution in [0.25, 0.3) is 0 Å². The zero-order valence-electron chi connectivity index (χ0n) is 14.2. The molecule has 4 rings (SSSR count). The van der Waals surface area contributed by atoms with Crippen molar-refractivity contribution in [1.82, 2.24) is 10.2 Å². The number of piperidine rings is 1. The van der Waals surface area contributed by atoms with Crippen molar-refractivity contribution in [2.24, 2.45) is 0 Å². The minimum absolute atomic E-state index is 0.0481. The molecule has 2 aliphatic rings. The van der Waals surface area contributed by atoms with Crippen LogP contribution in [0.1, 0.15) is 39.1 Å². The highest BCUT2D eigenvalue weighted by molar-refractivity contribution is 6.02. The summed E-state index contributed by atoms with van der Waals surface area (Å²) < 4.78 is 0. The summed E-state index contributed by atoms with van der Waals surface area (Å²) in [5.74, 6) is 0.0171. The molecule has 1 saturated heterocycles. The van der Waals surface area contributed by atoms with Crippen molar-refractivity contribution in [2.45, 2.75) is 25.4 Å². The zero-order valence-corrected chi connectivity index (χ0v) is 14.2. The molecule has 0 aliphatic carbocycles. The van der Waals surface area contributed by atoms with Gasteiger partial charge in [0.2, 0.25) is 0 Å². The lowest BCUT2D eigenvalue weighted by molar-refractivity contribution is 0.0639. The number of nitrogens with one attached hydrogen (secondary N) is 2. The van der Waals surface area contributed by atoms with Crippen LogP contribution in [0.5, 0.6) is 0 Å². The van der Waals surface area contributed by atoms with Gasteiger partial charge in [0.1, 0.15) is 5.66 Å². The first-order valence-electron chi connectivity index (χ1n) is 8.63. The average Bonchev–Trinajstić information content (AvgIpc) is 2.62. The maximum atomic E-state index is 12.8. The third-order valence-electron chi connectivity index (χ3n) is 5.18. The van der Waals surface area contributed by atoms with Crippen LogP contribution in [0.2, 0.25) is 0 Å². The van der Waals surface area contributed by atoms with Crippen molar-refractivity contribution in [3.05, 3.63) is 65.2 Å². The predicted octanol–water partition coefficient (Wildman–Crippen LogP) is 2.78. The van der Waals surface area contributed by atoms with Gasteiger partial charge in [-0.25, -0.2) is 0 Å². The molecule has 2 aliphatic heterocycles. The Kier molecular flexibility index (Phi) is 3.71. The SMILES string of the molecule is Cc1ccccc1C(=O)N1CCC2(CC1)NC(=O)c1ccccc1N2. The molecule has 1 spiro atoms. The van der Waals surface area contributed by atoms with E-state index >= 15 is 0 Å². The normalized spacial score (nSPS) is 18.3. The van der Waals surface area contributed by atoms with Crippen LogP contribution < -0.4 is 10.6 Å². The van der Waals surface area contributed by atoms with E-state index in [1.54, 1.807) is 0 Å². The van der Waals surface area contributed by atoms with Gasteiger partial charge in [-0.05, 0) is 30.7 Å². The Hall–Kier alpha value is -2.82. The molecule has 0 unspecified atom stereocenters. The molecular weight excluding hydrogens is 314 g/mol. The number of hydrogen-bond acceptors (Lipinski definition) is 3. The second-order valence-electron chi connectivity index (χ2n) is 6.81. The Balaban J connectivity index is 1.50. The Morgan fingerprint density at radius 2 is 1.68 bits per heavy atom. The van der Waals surface area contributed by atoms with Gasteiger partial charge in [-0.2, -0.15) is 0 Å². The number of anilines is 1. The van der Waals surface area contributed by atoms with Gasteiger partial charge in [0.15, 0.2) is 0 Å². The third kappa shape index (κ3) is 2.76. The van der Waals surface area contributed by atoms with Crippen molar-refractivity contribution in [1.29, 1.82) is 0 Å². The molecule has 0 atom stereocenters. The lowest BCUT2D eigenvalue weighted by Crippen LogP contribution is -2.62. The average molecular weight is 335 g/mol. The minimum atomic E-state index is -0.464. The van der Waals surface area contributed by atoms with E-state index in [-0.39, 0.29) is 11.8 Å². The van der Waals surface area contributed by atoms with Gasteiger partial charge < -0.3 is 15.5 Å². The van der Waals surface area contributed by atoms with Gasteiger partial charge >= 0.3 is 0 Å². The maximum Gasteiger partial charge on any atom is 0.255 e. The van der Waals surface area contributed by atoms with Crippen LogP contribution >= 0.6 is 0 Å². The summed E-state index contributed by atoms with van der Waals surface area (Å²) in [5.41, 5.74) is 2.82. The Labute approximate surface area is 147 Å². The lowest BCUT2D eigenvalue weighted by Gasteiger charge is -2.46. The van der Waals surface area contributed by atoms with Crippen LogP contribution in [0.4, 0.5) is 5.69 Å². The van der Waals surface area contributed by atoms with Crippen LogP contribution in [-0.2, 0) is 0 Å². The second-order valence-corrected chi connectivity index (χ2v) is 6.81. The van der Waals surface area contributed by atoms with Crippen LogP contribution in [0, 0.1) is 6.92 Å². The number of fused-ring (bicyclic) bond motifs is 1. The summed E-state index contributed by atoms with van der Waals surface area (Å²) >= 11 is 0. The smallest absolute Gasteiger partial charge is 0.255 e. The van der Waals surface area contributed by atoms with Crippen LogP contribution in [0.3, 0.4) is 0 Å². The molecule has 2 amide bonds. The summed E-state index contributed by atoms with van der Waals surface area (Å²) in [5, 5.41) is 6.59. The molecule has 5 nitrogen and oxygen atoms in total. The first-order valence-corrected chi connectivity index (χ1v) is 8.63. The third-order valence-corrected chi connectivity index (χ3v) is 5.18. The molecule has 5 heteroatoms. The van der Waals surface area contributed by atoms with Gasteiger partial charge in [-0.1, -0.05) is 30.3 Å². The van der Waals surface area contributed by atoms with Gasteiger partial charge in [0.05, 0.1) is 5.56 Å². The topological polar surface area (TPSA) is 61.4 Å². The number of benzene rings is 2. The van der Waals surface area contributed by atoms with Crippen molar-refractivity contribution in [3.63, 3.8) is 0 Å². The molecule has 25 heavy (non-hydrogen) atoms. The van der Waals surface area contributed by atoms with Gasteiger partial charge in [-0.3, -0.25) is 9.59 Å². The Morgan fingerprint density at radius 1 is 1.00 bits per heavy atom. The minimum Gasteiger partial charge on any atom is -0.362 e. The molecule has 2 aromatic rings. The standard InChI is InChI=1S/C20H21N3O2/c1-14-6-2-3-7-15(14)19(25)23-12-10-20(11-13-23)21-17-9-5-4-8-16(17)18(24)22-20/h2-9,21H,10-13H2,1H3,(H,22,24). The van der Waals surface area contributed by atoms with Gasteiger partial charge in [0.25, 0.3) is 11.8 Å². The zero-order chi connectivity index (χ0) is 17.4. The Bertz CT molecular complexity index is 838. The van der Waals surface area contributed by atoms with Gasteiger partial charge in [-0.15, -0.1) is 0 Å². The molecule has 0 aromatic heterocycles. The van der Waals surface area contributed by atoms with Crippen LogP contribution in [0.15, 0.2) is 48.5 Å². The summed E-state index contributed by atoms with van der Waals surface area (Å²) in [6.07, 6.45) is 1.37. The number of carbonyl (C=O) groups is 2. The van der Waals surface area contributed by atoms with Crippen molar-refractivity contribution >= 4 is 17.5 Å². The molecule has 2 heterocycles. The van der Waals surface area contributed by atoms with Crippen molar-refractivity contribution in [3.8, 4) is 0 Å². The highest BCUT2D eigenvalue weighted by Gasteiger charge is 2.41. The van der Waals surface area contributed by atoms with Gasteiger partial charge in [0, 0.05) is 37.2 Å². The fourth-order valence-corrected chi connectivity index (χ4v) is 3.69. The number of nitrogens with zero attached hydrogens (tertiary/aromatic N) is 1. The number of likely N-dealkylation sites (tertiary alicyclic amines) is 1. The lowest BCUT2D eigenvalue weighted by atomic mass is 9.92. The quantitative estimate of drug-likeness (QED) is 0.842. The number of hydrogen-bond donors (Lipinski definition) is 2. The largest absolute Gasteiger partial charge is 0.362 e. The molecule has 2 aromatic carbocycles. The van der Waals surface area contributed by atoms with Crippen LogP contribution in [-0.4, -0.2) is 35.5 Å². The van der Waals surface area contributed by atoms with Crippen molar-refractivity contribution < 1.29 is 9.59 Å². The van der Waals surface area contributed by atoms with E-state index < -0.39 is 5.66 Å². The molecule has 0 radical (unpaired) electrons. The van der Waals surface area contributed by atoms with E-state index in [9.17, 15) is 9.59 Å². The van der Waals surface area contributed by atoms with Crippen molar-refractivity contribution in [2.75, 3.05) is 18.4 Å². The molecule has 2 N–H and O–H groups in total. The molecule has 1 fully saturated rings. The predicted molar refractivity (Wildman–Crippen MR) is 96.6 cm³/mol. The molecule has 0 bridgehead atoms. The number of amides is 2. The van der Waals surface area contributed by atoms with E-state index in [2.05, 4.69) is 10.6 Å². The second kappa shape index (κ2) is 5.92. The van der Waals surface area contributed by atoms with E-state index in [4.69, 9.17) is 0 Å². The number of aryl methyl sites for hydroxylation is 1. The molecule has 128 valence electrons. The summed E-state index contributed by atoms with van der Waals surface area (Å²) in [6.45, 7) is 3.18. The number of rotatable bonds is 1. The Morgan fingerprint density at radius 3 is 2.44 bits per heavy atom. The van der Waals surface area contributed by atoms with E-state index in [0.29, 0.717) is 31.5 Å². The summed E-state index contributed by atoms with van der Waals surface area (Å²) in [7, 11) is 0. The highest BCUT2D eigenvalue weighted by Crippen LogP contribution is 2.31. The van der Waals surface area contributed by atoms with E-state index in [1.165, 1.54) is 0 Å². The maximum absolute atomic E-state index is 12.8. The first-order chi connectivity index (χ1) is 12.1. The first kappa shape index (κ1) is 15.7. The number of para-hydroxylation sites is 1. The van der Waals surface area contributed by atoms with E-state index in [0.717, 1.165) is 16.8 Å².